The van der Waals surface area contributed by atoms with Crippen LogP contribution in [0.1, 0.15) is 22.2 Å². The number of aromatic nitrogens is 2. The Morgan fingerprint density at radius 3 is 3.07 bits per heavy atom. The Kier molecular flexibility index (Phi) is 2.45. The summed E-state index contributed by atoms with van der Waals surface area (Å²) in [6, 6.07) is 1.84. The smallest absolute Gasteiger partial charge is 0.161 e. The van der Waals surface area contributed by atoms with Crippen LogP contribution in [0.25, 0.3) is 0 Å². The van der Waals surface area contributed by atoms with E-state index in [9.17, 15) is 4.79 Å². The first-order valence-electron chi connectivity index (χ1n) is 4.30. The fraction of sp³-hybridized carbons (Fsp3) is 0.200. The minimum absolute atomic E-state index is 0.105. The van der Waals surface area contributed by atoms with E-state index in [1.807, 2.05) is 34.7 Å². The molecular weight excluding hydrogens is 196 g/mol. The molecule has 2 rings (SSSR count). The van der Waals surface area contributed by atoms with Gasteiger partial charge in [-0.15, -0.1) is 11.3 Å². The monoisotopic (exact) mass is 206 g/mol. The minimum atomic E-state index is 0.105. The van der Waals surface area contributed by atoms with Gasteiger partial charge >= 0.3 is 0 Å². The van der Waals surface area contributed by atoms with Crippen molar-refractivity contribution in [2.75, 3.05) is 0 Å². The van der Waals surface area contributed by atoms with E-state index in [0.29, 0.717) is 0 Å². The van der Waals surface area contributed by atoms with E-state index >= 15 is 0 Å². The molecule has 0 aromatic carbocycles. The second-order valence-corrected chi connectivity index (χ2v) is 4.07. The Labute approximate surface area is 86.0 Å². The molecule has 0 unspecified atom stereocenters. The predicted octanol–water partition coefficient (Wildman–Crippen LogP) is 2.20. The molecule has 0 aliphatic carbocycles. The van der Waals surface area contributed by atoms with Gasteiger partial charge in [-0.3, -0.25) is 9.78 Å². The third-order valence-corrected chi connectivity index (χ3v) is 2.74. The quantitative estimate of drug-likeness (QED) is 0.721. The summed E-state index contributed by atoms with van der Waals surface area (Å²) in [7, 11) is 0. The zero-order valence-corrected chi connectivity index (χ0v) is 8.62. The number of carbonyl (C=O) groups excluding carboxylic acids is 1. The maximum Gasteiger partial charge on any atom is 0.161 e. The zero-order valence-electron chi connectivity index (χ0n) is 7.80. The van der Waals surface area contributed by atoms with Gasteiger partial charge in [-0.1, -0.05) is 0 Å². The van der Waals surface area contributed by atoms with Crippen LogP contribution in [0, 0.1) is 0 Å². The van der Waals surface area contributed by atoms with Crippen LogP contribution in [0.5, 0.6) is 0 Å². The van der Waals surface area contributed by atoms with E-state index < -0.39 is 0 Å². The highest BCUT2D eigenvalue weighted by Gasteiger charge is 2.02. The normalized spacial score (nSPS) is 10.4. The molecule has 72 valence electrons. The molecular formula is C10H10N2OS. The van der Waals surface area contributed by atoms with Gasteiger partial charge in [0.1, 0.15) is 0 Å². The number of thiazole rings is 1. The van der Waals surface area contributed by atoms with Gasteiger partial charge in [0.05, 0.1) is 12.1 Å². The Hall–Kier alpha value is -1.42. The molecule has 2 aromatic rings. The van der Waals surface area contributed by atoms with Gasteiger partial charge in [0.2, 0.25) is 0 Å². The van der Waals surface area contributed by atoms with Crippen LogP contribution in [-0.4, -0.2) is 15.3 Å². The summed E-state index contributed by atoms with van der Waals surface area (Å²) in [5.41, 5.74) is 2.57. The van der Waals surface area contributed by atoms with Gasteiger partial charge in [-0.25, -0.2) is 0 Å². The van der Waals surface area contributed by atoms with Gasteiger partial charge in [-0.05, 0) is 13.0 Å². The average molecular weight is 206 g/mol. The Morgan fingerprint density at radius 1 is 1.64 bits per heavy atom. The minimum Gasteiger partial charge on any atom is -0.348 e. The molecule has 3 nitrogen and oxygen atoms in total. The topological polar surface area (TPSA) is 34.9 Å². The summed E-state index contributed by atoms with van der Waals surface area (Å²) in [6.45, 7) is 2.37. The fourth-order valence-corrected chi connectivity index (χ4v) is 1.85. The van der Waals surface area contributed by atoms with Crippen molar-refractivity contribution in [3.63, 3.8) is 0 Å². The van der Waals surface area contributed by atoms with Gasteiger partial charge in [0, 0.05) is 29.0 Å². The SMILES string of the molecule is CC(=O)c1ccn(Cc2cncs2)c1. The van der Waals surface area contributed by atoms with Gasteiger partial charge in [-0.2, -0.15) is 0 Å². The highest BCUT2D eigenvalue weighted by atomic mass is 32.1. The molecule has 0 N–H and O–H groups in total. The lowest BCUT2D eigenvalue weighted by Crippen LogP contribution is -1.94. The molecule has 2 aromatic heterocycles. The van der Waals surface area contributed by atoms with Crippen LogP contribution in [0.3, 0.4) is 0 Å². The first kappa shape index (κ1) is 9.15. The second kappa shape index (κ2) is 3.75. The number of ketones is 1. The molecule has 0 spiro atoms. The Morgan fingerprint density at radius 2 is 2.50 bits per heavy atom. The molecule has 0 bridgehead atoms. The highest BCUT2D eigenvalue weighted by molar-refractivity contribution is 7.09. The molecule has 0 aliphatic heterocycles. The van der Waals surface area contributed by atoms with Gasteiger partial charge in [0.25, 0.3) is 0 Å². The van der Waals surface area contributed by atoms with Crippen molar-refractivity contribution in [3.8, 4) is 0 Å². The second-order valence-electron chi connectivity index (χ2n) is 3.10. The van der Waals surface area contributed by atoms with Gasteiger partial charge in [0.15, 0.2) is 5.78 Å². The number of nitrogens with zero attached hydrogens (tertiary/aromatic N) is 2. The summed E-state index contributed by atoms with van der Waals surface area (Å²) in [5, 5.41) is 0. The summed E-state index contributed by atoms with van der Waals surface area (Å²) in [5.74, 6) is 0.105. The molecule has 2 heterocycles. The lowest BCUT2D eigenvalue weighted by molar-refractivity contribution is 0.101. The predicted molar refractivity (Wildman–Crippen MR) is 55.7 cm³/mol. The average Bonchev–Trinajstić information content (AvgIpc) is 2.75. The van der Waals surface area contributed by atoms with Gasteiger partial charge < -0.3 is 4.57 Å². The first-order valence-corrected chi connectivity index (χ1v) is 5.18. The summed E-state index contributed by atoms with van der Waals surface area (Å²) >= 11 is 1.62. The van der Waals surface area contributed by atoms with Crippen molar-refractivity contribution in [2.24, 2.45) is 0 Å². The first-order chi connectivity index (χ1) is 6.75. The molecule has 0 saturated carbocycles. The van der Waals surface area contributed by atoms with Crippen molar-refractivity contribution >= 4 is 17.1 Å². The molecule has 0 radical (unpaired) electrons. The van der Waals surface area contributed by atoms with Crippen molar-refractivity contribution in [3.05, 3.63) is 40.6 Å². The third kappa shape index (κ3) is 1.90. The van der Waals surface area contributed by atoms with E-state index in [4.69, 9.17) is 0 Å². The van der Waals surface area contributed by atoms with E-state index in [1.54, 1.807) is 18.3 Å². The molecule has 0 fully saturated rings. The molecule has 4 heteroatoms. The fourth-order valence-electron chi connectivity index (χ4n) is 1.25. The van der Waals surface area contributed by atoms with Crippen molar-refractivity contribution < 1.29 is 4.79 Å². The maximum absolute atomic E-state index is 11.0. The Balaban J connectivity index is 2.14. The highest BCUT2D eigenvalue weighted by Crippen LogP contribution is 2.10. The van der Waals surface area contributed by atoms with Crippen LogP contribution in [0.15, 0.2) is 30.2 Å². The number of carbonyl (C=O) groups is 1. The third-order valence-electron chi connectivity index (χ3n) is 1.98. The van der Waals surface area contributed by atoms with E-state index in [-0.39, 0.29) is 5.78 Å². The number of rotatable bonds is 3. The van der Waals surface area contributed by atoms with Crippen molar-refractivity contribution in [2.45, 2.75) is 13.5 Å². The number of hydrogen-bond acceptors (Lipinski definition) is 3. The van der Waals surface area contributed by atoms with E-state index in [1.165, 1.54) is 4.88 Å². The van der Waals surface area contributed by atoms with Crippen molar-refractivity contribution in [1.82, 2.24) is 9.55 Å². The zero-order chi connectivity index (χ0) is 9.97. The molecule has 0 atom stereocenters. The summed E-state index contributed by atoms with van der Waals surface area (Å²) < 4.78 is 1.99. The molecule has 14 heavy (non-hydrogen) atoms. The van der Waals surface area contributed by atoms with E-state index in [0.717, 1.165) is 12.1 Å². The molecule has 0 aliphatic rings. The molecule has 0 amide bonds. The van der Waals surface area contributed by atoms with Crippen LogP contribution in [-0.2, 0) is 6.54 Å². The van der Waals surface area contributed by atoms with Crippen LogP contribution in [0.4, 0.5) is 0 Å². The van der Waals surface area contributed by atoms with Crippen LogP contribution in [0.2, 0.25) is 0 Å². The largest absolute Gasteiger partial charge is 0.348 e. The molecule has 0 saturated heterocycles. The summed E-state index contributed by atoms with van der Waals surface area (Å²) in [4.78, 5) is 16.2. The maximum atomic E-state index is 11.0. The standard InChI is InChI=1S/C10H10N2OS/c1-8(13)9-2-3-12(5-9)6-10-4-11-7-14-10/h2-5,7H,6H2,1H3. The van der Waals surface area contributed by atoms with Crippen LogP contribution < -0.4 is 0 Å². The van der Waals surface area contributed by atoms with Crippen molar-refractivity contribution in [1.29, 1.82) is 0 Å². The lowest BCUT2D eigenvalue weighted by atomic mass is 10.2. The van der Waals surface area contributed by atoms with Crippen LogP contribution >= 0.6 is 11.3 Å². The van der Waals surface area contributed by atoms with E-state index in [2.05, 4.69) is 4.98 Å². The number of hydrogen-bond donors (Lipinski definition) is 0. The summed E-state index contributed by atoms with van der Waals surface area (Å²) in [6.07, 6.45) is 5.62. The number of Topliss-reactive ketones (excluding diaryl/α,β-unsaturated/α-hetero) is 1. The Bertz CT molecular complexity index is 431. The lowest BCUT2D eigenvalue weighted by Gasteiger charge is -1.97.